The van der Waals surface area contributed by atoms with Crippen molar-refractivity contribution in [1.29, 1.82) is 0 Å². The molecule has 5 heteroatoms. The molecule has 1 aliphatic heterocycles. The van der Waals surface area contributed by atoms with E-state index >= 15 is 0 Å². The topological polar surface area (TPSA) is 75.6 Å². The van der Waals surface area contributed by atoms with Crippen LogP contribution in [0.15, 0.2) is 0 Å². The van der Waals surface area contributed by atoms with Crippen LogP contribution < -0.4 is 11.5 Å². The highest BCUT2D eigenvalue weighted by atomic mass is 16.1. The van der Waals surface area contributed by atoms with E-state index in [4.69, 9.17) is 11.5 Å². The van der Waals surface area contributed by atoms with Crippen molar-refractivity contribution >= 4 is 5.91 Å². The molecule has 0 spiro atoms. The van der Waals surface area contributed by atoms with E-state index in [2.05, 4.69) is 16.7 Å². The lowest BCUT2D eigenvalue weighted by Crippen LogP contribution is -2.46. The highest BCUT2D eigenvalue weighted by molar-refractivity contribution is 5.74. The fourth-order valence-corrected chi connectivity index (χ4v) is 2.65. The second-order valence-corrected chi connectivity index (χ2v) is 4.92. The van der Waals surface area contributed by atoms with Gasteiger partial charge in [0.05, 0.1) is 0 Å². The SMILES string of the molecule is CCN1CCCC1CN(C)C(CN)CC(N)=O. The Kier molecular flexibility index (Phi) is 5.88. The van der Waals surface area contributed by atoms with Crippen molar-refractivity contribution in [2.45, 2.75) is 38.3 Å². The molecule has 1 amide bonds. The number of carbonyl (C=O) groups excluding carboxylic acids is 1. The average molecular weight is 242 g/mol. The minimum absolute atomic E-state index is 0.0757. The average Bonchev–Trinajstić information content (AvgIpc) is 2.72. The van der Waals surface area contributed by atoms with Crippen LogP contribution in [0, 0.1) is 0 Å². The number of nitrogens with two attached hydrogens (primary N) is 2. The fraction of sp³-hybridized carbons (Fsp3) is 0.917. The van der Waals surface area contributed by atoms with Gasteiger partial charge in [-0.15, -0.1) is 0 Å². The number of rotatable bonds is 7. The molecule has 1 saturated heterocycles. The van der Waals surface area contributed by atoms with Crippen molar-refractivity contribution in [2.75, 3.05) is 33.2 Å². The third kappa shape index (κ3) is 4.26. The van der Waals surface area contributed by atoms with Crippen molar-refractivity contribution in [2.24, 2.45) is 11.5 Å². The first-order valence-electron chi connectivity index (χ1n) is 6.51. The molecule has 0 radical (unpaired) electrons. The number of amides is 1. The Morgan fingerprint density at radius 1 is 1.59 bits per heavy atom. The van der Waals surface area contributed by atoms with E-state index < -0.39 is 0 Å². The van der Waals surface area contributed by atoms with Crippen LogP contribution >= 0.6 is 0 Å². The number of primary amides is 1. The molecular formula is C12H26N4O. The van der Waals surface area contributed by atoms with Gasteiger partial charge in [-0.25, -0.2) is 0 Å². The number of likely N-dealkylation sites (tertiary alicyclic amines) is 1. The van der Waals surface area contributed by atoms with Gasteiger partial charge in [0.2, 0.25) is 5.91 Å². The molecule has 0 aliphatic carbocycles. The number of hydrogen-bond donors (Lipinski definition) is 2. The van der Waals surface area contributed by atoms with E-state index in [0.717, 1.165) is 13.1 Å². The smallest absolute Gasteiger partial charge is 0.219 e. The molecule has 1 fully saturated rings. The van der Waals surface area contributed by atoms with Crippen molar-refractivity contribution in [1.82, 2.24) is 9.80 Å². The maximum Gasteiger partial charge on any atom is 0.219 e. The molecular weight excluding hydrogens is 216 g/mol. The van der Waals surface area contributed by atoms with Crippen LogP contribution in [0.5, 0.6) is 0 Å². The van der Waals surface area contributed by atoms with Gasteiger partial charge in [-0.2, -0.15) is 0 Å². The van der Waals surface area contributed by atoms with Gasteiger partial charge < -0.3 is 16.4 Å². The van der Waals surface area contributed by atoms with Crippen LogP contribution in [0.25, 0.3) is 0 Å². The molecule has 0 saturated carbocycles. The summed E-state index contributed by atoms with van der Waals surface area (Å²) in [6.45, 7) is 5.95. The first-order chi connectivity index (χ1) is 8.08. The molecule has 1 aliphatic rings. The van der Waals surface area contributed by atoms with E-state index in [1.165, 1.54) is 19.4 Å². The lowest BCUT2D eigenvalue weighted by Gasteiger charge is -2.32. The molecule has 1 rings (SSSR count). The van der Waals surface area contributed by atoms with E-state index in [-0.39, 0.29) is 11.9 Å². The molecule has 0 bridgehead atoms. The zero-order valence-electron chi connectivity index (χ0n) is 11.1. The van der Waals surface area contributed by atoms with E-state index in [1.54, 1.807) is 0 Å². The van der Waals surface area contributed by atoms with Gasteiger partial charge in [0.15, 0.2) is 0 Å². The van der Waals surface area contributed by atoms with Gasteiger partial charge in [0.25, 0.3) is 0 Å². The second kappa shape index (κ2) is 6.93. The molecule has 0 aromatic rings. The third-order valence-corrected chi connectivity index (χ3v) is 3.74. The predicted octanol–water partition coefficient (Wildman–Crippen LogP) is -0.395. The van der Waals surface area contributed by atoms with Crippen LogP contribution in [0.3, 0.4) is 0 Å². The Morgan fingerprint density at radius 3 is 2.82 bits per heavy atom. The third-order valence-electron chi connectivity index (χ3n) is 3.74. The number of nitrogens with zero attached hydrogens (tertiary/aromatic N) is 2. The van der Waals surface area contributed by atoms with E-state index in [9.17, 15) is 4.79 Å². The van der Waals surface area contributed by atoms with Crippen LogP contribution in [0.2, 0.25) is 0 Å². The number of carbonyl (C=O) groups is 1. The standard InChI is InChI=1S/C12H26N4O/c1-3-16-6-4-5-10(16)9-15(2)11(8-13)7-12(14)17/h10-11H,3-9,13H2,1-2H3,(H2,14,17). The summed E-state index contributed by atoms with van der Waals surface area (Å²) < 4.78 is 0. The maximum atomic E-state index is 11.0. The Labute approximate surface area is 104 Å². The molecule has 0 aromatic carbocycles. The van der Waals surface area contributed by atoms with Gasteiger partial charge in [0, 0.05) is 31.6 Å². The molecule has 2 atom stereocenters. The van der Waals surface area contributed by atoms with E-state index in [0.29, 0.717) is 19.0 Å². The lowest BCUT2D eigenvalue weighted by molar-refractivity contribution is -0.119. The minimum Gasteiger partial charge on any atom is -0.370 e. The van der Waals surface area contributed by atoms with Gasteiger partial charge in [-0.05, 0) is 33.0 Å². The Hall–Kier alpha value is -0.650. The summed E-state index contributed by atoms with van der Waals surface area (Å²) in [5.41, 5.74) is 10.9. The summed E-state index contributed by atoms with van der Waals surface area (Å²) in [6, 6.07) is 0.679. The maximum absolute atomic E-state index is 11.0. The number of likely N-dealkylation sites (N-methyl/N-ethyl adjacent to an activating group) is 2. The monoisotopic (exact) mass is 242 g/mol. The molecule has 1 heterocycles. The van der Waals surface area contributed by atoms with Crippen molar-refractivity contribution < 1.29 is 4.79 Å². The Bertz CT molecular complexity index is 247. The quantitative estimate of drug-likeness (QED) is 0.637. The summed E-state index contributed by atoms with van der Waals surface area (Å²) in [4.78, 5) is 15.6. The zero-order valence-corrected chi connectivity index (χ0v) is 11.1. The summed E-state index contributed by atoms with van der Waals surface area (Å²) >= 11 is 0. The molecule has 0 aromatic heterocycles. The van der Waals surface area contributed by atoms with Gasteiger partial charge in [-0.3, -0.25) is 9.69 Å². The normalized spacial score (nSPS) is 23.2. The Morgan fingerprint density at radius 2 is 2.29 bits per heavy atom. The van der Waals surface area contributed by atoms with Crippen LogP contribution in [0.4, 0.5) is 0 Å². The summed E-state index contributed by atoms with van der Waals surface area (Å²) in [7, 11) is 2.03. The molecule has 5 nitrogen and oxygen atoms in total. The molecule has 2 unspecified atom stereocenters. The molecule has 100 valence electrons. The fourth-order valence-electron chi connectivity index (χ4n) is 2.65. The lowest BCUT2D eigenvalue weighted by atomic mass is 10.1. The first kappa shape index (κ1) is 14.4. The summed E-state index contributed by atoms with van der Waals surface area (Å²) in [6.07, 6.45) is 2.87. The minimum atomic E-state index is -0.272. The second-order valence-electron chi connectivity index (χ2n) is 4.92. The Balaban J connectivity index is 2.45. The summed E-state index contributed by atoms with van der Waals surface area (Å²) in [5, 5.41) is 0. The van der Waals surface area contributed by atoms with Crippen molar-refractivity contribution in [3.63, 3.8) is 0 Å². The highest BCUT2D eigenvalue weighted by Crippen LogP contribution is 2.18. The van der Waals surface area contributed by atoms with Crippen LogP contribution in [-0.4, -0.2) is 61.0 Å². The number of hydrogen-bond acceptors (Lipinski definition) is 4. The van der Waals surface area contributed by atoms with Crippen LogP contribution in [0.1, 0.15) is 26.2 Å². The van der Waals surface area contributed by atoms with Crippen molar-refractivity contribution in [3.05, 3.63) is 0 Å². The molecule has 17 heavy (non-hydrogen) atoms. The largest absolute Gasteiger partial charge is 0.370 e. The van der Waals surface area contributed by atoms with Gasteiger partial charge in [0.1, 0.15) is 0 Å². The first-order valence-corrected chi connectivity index (χ1v) is 6.51. The van der Waals surface area contributed by atoms with E-state index in [1.807, 2.05) is 7.05 Å². The van der Waals surface area contributed by atoms with Gasteiger partial charge in [-0.1, -0.05) is 6.92 Å². The zero-order chi connectivity index (χ0) is 12.8. The molecule has 4 N–H and O–H groups in total. The van der Waals surface area contributed by atoms with Crippen LogP contribution in [-0.2, 0) is 4.79 Å². The summed E-state index contributed by atoms with van der Waals surface area (Å²) in [5.74, 6) is -0.272. The highest BCUT2D eigenvalue weighted by Gasteiger charge is 2.26. The predicted molar refractivity (Wildman–Crippen MR) is 69.6 cm³/mol. The van der Waals surface area contributed by atoms with Crippen molar-refractivity contribution in [3.8, 4) is 0 Å². The van der Waals surface area contributed by atoms with Gasteiger partial charge >= 0.3 is 0 Å².